The molecule has 0 unspecified atom stereocenters. The lowest BCUT2D eigenvalue weighted by molar-refractivity contribution is 0.174. The van der Waals surface area contributed by atoms with Crippen molar-refractivity contribution in [2.75, 3.05) is 11.9 Å². The van der Waals surface area contributed by atoms with E-state index in [4.69, 9.17) is 10.00 Å². The van der Waals surface area contributed by atoms with Crippen molar-refractivity contribution in [1.82, 2.24) is 0 Å². The molecule has 0 heterocycles. The van der Waals surface area contributed by atoms with Crippen LogP contribution in [0.3, 0.4) is 0 Å². The van der Waals surface area contributed by atoms with Crippen LogP contribution in [0.5, 0.6) is 0 Å². The molecule has 0 saturated carbocycles. The molecule has 0 aliphatic rings. The van der Waals surface area contributed by atoms with E-state index >= 15 is 0 Å². The number of benzene rings is 1. The fourth-order valence-electron chi connectivity index (χ4n) is 0.955. The highest BCUT2D eigenvalue weighted by atomic mass is 16.5. The minimum Gasteiger partial charge on any atom is -0.445 e. The lowest BCUT2D eigenvalue weighted by Gasteiger charge is -2.04. The lowest BCUT2D eigenvalue weighted by Crippen LogP contribution is -2.13. The summed E-state index contributed by atoms with van der Waals surface area (Å²) in [5, 5.41) is 11.1. The van der Waals surface area contributed by atoms with Crippen LogP contribution in [0.2, 0.25) is 0 Å². The maximum absolute atomic E-state index is 11.1. The molecule has 0 fully saturated rings. The molecule has 1 aromatic rings. The Morgan fingerprint density at radius 2 is 2.47 bits per heavy atom. The van der Waals surface area contributed by atoms with E-state index in [9.17, 15) is 4.79 Å². The van der Waals surface area contributed by atoms with E-state index in [1.165, 1.54) is 6.08 Å². The van der Waals surface area contributed by atoms with Crippen molar-refractivity contribution in [3.63, 3.8) is 0 Å². The maximum Gasteiger partial charge on any atom is 0.411 e. The summed E-state index contributed by atoms with van der Waals surface area (Å²) >= 11 is 0. The topological polar surface area (TPSA) is 62.1 Å². The predicted octanol–water partition coefficient (Wildman–Crippen LogP) is 2.29. The van der Waals surface area contributed by atoms with Gasteiger partial charge in [-0.05, 0) is 18.2 Å². The molecular formula is C11H10N2O2. The van der Waals surface area contributed by atoms with Crippen molar-refractivity contribution in [2.45, 2.75) is 0 Å². The summed E-state index contributed by atoms with van der Waals surface area (Å²) in [7, 11) is 0. The summed E-state index contributed by atoms with van der Waals surface area (Å²) in [5.41, 5.74) is 1.01. The van der Waals surface area contributed by atoms with Crippen LogP contribution < -0.4 is 5.32 Å². The molecule has 0 saturated heterocycles. The Kier molecular flexibility index (Phi) is 3.92. The van der Waals surface area contributed by atoms with E-state index in [-0.39, 0.29) is 6.61 Å². The average molecular weight is 202 g/mol. The molecule has 4 nitrogen and oxygen atoms in total. The highest BCUT2D eigenvalue weighted by Gasteiger charge is 2.01. The normalized spacial score (nSPS) is 8.73. The van der Waals surface area contributed by atoms with Gasteiger partial charge in [0.05, 0.1) is 11.6 Å². The van der Waals surface area contributed by atoms with Gasteiger partial charge in [-0.2, -0.15) is 5.26 Å². The summed E-state index contributed by atoms with van der Waals surface area (Å²) in [5.74, 6) is 0. The Morgan fingerprint density at radius 1 is 1.67 bits per heavy atom. The standard InChI is InChI=1S/C11H10N2O2/c1-2-6-15-11(14)13-10-5-3-4-9(7-10)8-12/h2-5,7H,1,6H2,(H,13,14). The molecular weight excluding hydrogens is 192 g/mol. The van der Waals surface area contributed by atoms with Crippen LogP contribution in [-0.2, 0) is 4.74 Å². The number of hydrogen-bond donors (Lipinski definition) is 1. The first-order valence-corrected chi connectivity index (χ1v) is 4.31. The number of nitriles is 1. The lowest BCUT2D eigenvalue weighted by atomic mass is 10.2. The molecule has 0 atom stereocenters. The van der Waals surface area contributed by atoms with E-state index < -0.39 is 6.09 Å². The van der Waals surface area contributed by atoms with Crippen LogP contribution in [0.4, 0.5) is 10.5 Å². The summed E-state index contributed by atoms with van der Waals surface area (Å²) in [4.78, 5) is 11.1. The minimum atomic E-state index is -0.565. The molecule has 1 N–H and O–H groups in total. The Labute approximate surface area is 87.8 Å². The molecule has 0 aliphatic carbocycles. The molecule has 0 radical (unpaired) electrons. The van der Waals surface area contributed by atoms with Crippen LogP contribution in [-0.4, -0.2) is 12.7 Å². The monoisotopic (exact) mass is 202 g/mol. The van der Waals surface area contributed by atoms with Gasteiger partial charge in [0.1, 0.15) is 6.61 Å². The van der Waals surface area contributed by atoms with Gasteiger partial charge in [0.2, 0.25) is 0 Å². The summed E-state index contributed by atoms with van der Waals surface area (Å²) < 4.78 is 4.72. The van der Waals surface area contributed by atoms with Crippen molar-refractivity contribution in [2.24, 2.45) is 0 Å². The average Bonchev–Trinajstić information content (AvgIpc) is 2.26. The Hall–Kier alpha value is -2.28. The zero-order valence-corrected chi connectivity index (χ0v) is 8.06. The number of rotatable bonds is 3. The minimum absolute atomic E-state index is 0.157. The molecule has 0 aliphatic heterocycles. The fraction of sp³-hybridized carbons (Fsp3) is 0.0909. The van der Waals surface area contributed by atoms with Gasteiger partial charge in [-0.1, -0.05) is 18.7 Å². The number of anilines is 1. The van der Waals surface area contributed by atoms with Gasteiger partial charge in [-0.3, -0.25) is 5.32 Å². The van der Waals surface area contributed by atoms with Gasteiger partial charge < -0.3 is 4.74 Å². The zero-order chi connectivity index (χ0) is 11.1. The first kappa shape index (κ1) is 10.8. The molecule has 1 rings (SSSR count). The third-order valence-electron chi connectivity index (χ3n) is 1.57. The third-order valence-corrected chi connectivity index (χ3v) is 1.57. The molecule has 1 amide bonds. The van der Waals surface area contributed by atoms with Crippen molar-refractivity contribution in [3.05, 3.63) is 42.5 Å². The highest BCUT2D eigenvalue weighted by molar-refractivity contribution is 5.84. The van der Waals surface area contributed by atoms with Gasteiger partial charge in [-0.25, -0.2) is 4.79 Å². The Balaban J connectivity index is 2.60. The Morgan fingerprint density at radius 3 is 3.13 bits per heavy atom. The molecule has 0 aromatic heterocycles. The van der Waals surface area contributed by atoms with Crippen LogP contribution >= 0.6 is 0 Å². The van der Waals surface area contributed by atoms with Crippen LogP contribution in [0.25, 0.3) is 0 Å². The number of nitrogens with zero attached hydrogens (tertiary/aromatic N) is 1. The van der Waals surface area contributed by atoms with Gasteiger partial charge in [0, 0.05) is 5.69 Å². The molecule has 1 aromatic carbocycles. The smallest absolute Gasteiger partial charge is 0.411 e. The number of nitrogens with one attached hydrogen (secondary N) is 1. The number of ether oxygens (including phenoxy) is 1. The van der Waals surface area contributed by atoms with Gasteiger partial charge in [0.15, 0.2) is 0 Å². The second-order valence-corrected chi connectivity index (χ2v) is 2.70. The van der Waals surface area contributed by atoms with E-state index in [1.807, 2.05) is 6.07 Å². The molecule has 0 bridgehead atoms. The molecule has 15 heavy (non-hydrogen) atoms. The fourth-order valence-corrected chi connectivity index (χ4v) is 0.955. The number of hydrogen-bond acceptors (Lipinski definition) is 3. The van der Waals surface area contributed by atoms with Crippen LogP contribution in [0.15, 0.2) is 36.9 Å². The zero-order valence-electron chi connectivity index (χ0n) is 8.06. The van der Waals surface area contributed by atoms with Crippen molar-refractivity contribution in [3.8, 4) is 6.07 Å². The third kappa shape index (κ3) is 3.53. The van der Waals surface area contributed by atoms with Crippen molar-refractivity contribution >= 4 is 11.8 Å². The second kappa shape index (κ2) is 5.45. The summed E-state index contributed by atoms with van der Waals surface area (Å²) in [6, 6.07) is 8.55. The number of carbonyl (C=O) groups excluding carboxylic acids is 1. The van der Waals surface area contributed by atoms with Crippen LogP contribution in [0, 0.1) is 11.3 Å². The predicted molar refractivity (Wildman–Crippen MR) is 56.3 cm³/mol. The van der Waals surface area contributed by atoms with Crippen LogP contribution in [0.1, 0.15) is 5.56 Å². The molecule has 4 heteroatoms. The van der Waals surface area contributed by atoms with E-state index in [1.54, 1.807) is 24.3 Å². The van der Waals surface area contributed by atoms with Gasteiger partial charge >= 0.3 is 6.09 Å². The van der Waals surface area contributed by atoms with E-state index in [0.29, 0.717) is 11.3 Å². The van der Waals surface area contributed by atoms with Gasteiger partial charge in [0.25, 0.3) is 0 Å². The molecule has 76 valence electrons. The number of carbonyl (C=O) groups is 1. The number of amides is 1. The maximum atomic E-state index is 11.1. The SMILES string of the molecule is C=CCOC(=O)Nc1cccc(C#N)c1. The van der Waals surface area contributed by atoms with Gasteiger partial charge in [-0.15, -0.1) is 0 Å². The largest absolute Gasteiger partial charge is 0.445 e. The van der Waals surface area contributed by atoms with E-state index in [2.05, 4.69) is 11.9 Å². The molecule has 0 spiro atoms. The van der Waals surface area contributed by atoms with E-state index in [0.717, 1.165) is 0 Å². The highest BCUT2D eigenvalue weighted by Crippen LogP contribution is 2.09. The van der Waals surface area contributed by atoms with Crippen molar-refractivity contribution < 1.29 is 9.53 Å². The first-order chi connectivity index (χ1) is 7.26. The summed E-state index contributed by atoms with van der Waals surface area (Å²) in [6.07, 6.45) is 0.913. The Bertz CT molecular complexity index is 407. The second-order valence-electron chi connectivity index (χ2n) is 2.70. The summed E-state index contributed by atoms with van der Waals surface area (Å²) in [6.45, 7) is 3.58. The van der Waals surface area contributed by atoms with Crippen molar-refractivity contribution in [1.29, 1.82) is 5.26 Å². The quantitative estimate of drug-likeness (QED) is 0.765. The first-order valence-electron chi connectivity index (χ1n) is 4.31.